The van der Waals surface area contributed by atoms with E-state index in [-0.39, 0.29) is 17.7 Å². The molecule has 5 aromatic rings. The number of thioether (sulfide) groups is 1. The standard InChI is InChI=1S/C43H37ClIN3O3S/c1-2-50-38-22-28(21-37(45)41(38)51-26-27-13-15-31(44)16-14-27)23-39-42(49)47-43(52-39)46-32-24-35-33(29-9-5-3-6-10-29)17-19-48-20-18-34(36(25-32)40(35)48)30-11-7-4-8-12-30/h3-16,21-25,33-34H,2,17-20,26H2,1H3,(H,46,47,49)/b39-23-/t33-,34+. The van der Waals surface area contributed by atoms with Crippen LogP contribution < -0.4 is 19.7 Å². The Morgan fingerprint density at radius 1 is 0.885 bits per heavy atom. The van der Waals surface area contributed by atoms with Crippen LogP contribution in [0.5, 0.6) is 11.5 Å². The van der Waals surface area contributed by atoms with Gasteiger partial charge in [0.2, 0.25) is 0 Å². The molecule has 1 fully saturated rings. The number of rotatable bonds is 9. The van der Waals surface area contributed by atoms with Crippen LogP contribution in [0.2, 0.25) is 5.02 Å². The fourth-order valence-corrected chi connectivity index (χ4v) is 9.21. The first-order valence-corrected chi connectivity index (χ1v) is 19.9. The minimum Gasteiger partial charge on any atom is -0.490 e. The van der Waals surface area contributed by atoms with Crippen molar-refractivity contribution in [2.45, 2.75) is 38.2 Å². The highest BCUT2D eigenvalue weighted by molar-refractivity contribution is 14.1. The molecule has 3 aliphatic heterocycles. The van der Waals surface area contributed by atoms with Gasteiger partial charge in [-0.15, -0.1) is 0 Å². The van der Waals surface area contributed by atoms with E-state index in [1.807, 2.05) is 49.4 Å². The van der Waals surface area contributed by atoms with Crippen molar-refractivity contribution in [2.75, 3.05) is 24.6 Å². The summed E-state index contributed by atoms with van der Waals surface area (Å²) in [5, 5.41) is 4.29. The van der Waals surface area contributed by atoms with Crippen molar-refractivity contribution in [1.29, 1.82) is 0 Å². The van der Waals surface area contributed by atoms with Crippen molar-refractivity contribution in [3.05, 3.63) is 156 Å². The molecule has 0 saturated carbocycles. The number of nitrogens with one attached hydrogen (secondary N) is 1. The van der Waals surface area contributed by atoms with Crippen LogP contribution in [0.3, 0.4) is 0 Å². The Hall–Kier alpha value is -4.25. The Morgan fingerprint density at radius 3 is 2.13 bits per heavy atom. The van der Waals surface area contributed by atoms with Crippen molar-refractivity contribution < 1.29 is 14.3 Å². The Bertz CT molecular complexity index is 2100. The summed E-state index contributed by atoms with van der Waals surface area (Å²) in [6.45, 7) is 4.88. The number of amidine groups is 1. The molecular formula is C43H37ClIN3O3S. The van der Waals surface area contributed by atoms with E-state index in [0.29, 0.717) is 39.8 Å². The molecule has 3 aliphatic rings. The first kappa shape index (κ1) is 34.8. The van der Waals surface area contributed by atoms with Gasteiger partial charge in [0, 0.05) is 35.6 Å². The van der Waals surface area contributed by atoms with E-state index in [9.17, 15) is 4.79 Å². The maximum absolute atomic E-state index is 13.4. The van der Waals surface area contributed by atoms with Gasteiger partial charge in [-0.2, -0.15) is 0 Å². The van der Waals surface area contributed by atoms with E-state index in [2.05, 4.69) is 106 Å². The number of carbonyl (C=O) groups excluding carboxylic acids is 1. The highest BCUT2D eigenvalue weighted by Crippen LogP contribution is 2.50. The summed E-state index contributed by atoms with van der Waals surface area (Å²) in [6.07, 6.45) is 4.00. The van der Waals surface area contributed by atoms with Crippen LogP contribution in [0.4, 0.5) is 11.4 Å². The number of hydrogen-bond donors (Lipinski definition) is 1. The summed E-state index contributed by atoms with van der Waals surface area (Å²) >= 11 is 9.68. The molecule has 0 spiro atoms. The van der Waals surface area contributed by atoms with Gasteiger partial charge in [-0.05, 0) is 130 Å². The molecule has 5 aromatic carbocycles. The Morgan fingerprint density at radius 2 is 1.52 bits per heavy atom. The number of benzene rings is 5. The number of carbonyl (C=O) groups is 1. The maximum Gasteiger partial charge on any atom is 0.264 e. The molecule has 0 aliphatic carbocycles. The highest BCUT2D eigenvalue weighted by Gasteiger charge is 2.35. The normalized spacial score (nSPS) is 19.4. The largest absolute Gasteiger partial charge is 0.490 e. The predicted octanol–water partition coefficient (Wildman–Crippen LogP) is 10.7. The van der Waals surface area contributed by atoms with Crippen LogP contribution in [-0.4, -0.2) is 30.8 Å². The Balaban J connectivity index is 1.11. The number of aliphatic imine (C=N–C) groups is 1. The van der Waals surface area contributed by atoms with E-state index in [4.69, 9.17) is 26.1 Å². The fourth-order valence-electron chi connectivity index (χ4n) is 7.46. The molecule has 0 bridgehead atoms. The van der Waals surface area contributed by atoms with E-state index in [0.717, 1.165) is 46.3 Å². The highest BCUT2D eigenvalue weighted by atomic mass is 127. The van der Waals surface area contributed by atoms with Gasteiger partial charge < -0.3 is 19.7 Å². The second-order valence-electron chi connectivity index (χ2n) is 13.1. The van der Waals surface area contributed by atoms with Crippen molar-refractivity contribution >= 4 is 74.5 Å². The second kappa shape index (κ2) is 15.4. The van der Waals surface area contributed by atoms with Crippen LogP contribution in [0.15, 0.2) is 119 Å². The van der Waals surface area contributed by atoms with Gasteiger partial charge in [0.05, 0.1) is 20.8 Å². The minimum absolute atomic E-state index is 0.172. The zero-order chi connectivity index (χ0) is 35.6. The summed E-state index contributed by atoms with van der Waals surface area (Å²) in [4.78, 5) is 21.6. The number of halogens is 2. The lowest BCUT2D eigenvalue weighted by atomic mass is 9.76. The second-order valence-corrected chi connectivity index (χ2v) is 15.8. The third-order valence-corrected chi connectivity index (χ3v) is 11.8. The molecule has 0 aromatic heterocycles. The topological polar surface area (TPSA) is 63.2 Å². The third-order valence-electron chi connectivity index (χ3n) is 9.81. The van der Waals surface area contributed by atoms with Gasteiger partial charge in [-0.25, -0.2) is 4.99 Å². The lowest BCUT2D eigenvalue weighted by Crippen LogP contribution is -2.37. The monoisotopic (exact) mass is 837 g/mol. The summed E-state index contributed by atoms with van der Waals surface area (Å²) < 4.78 is 13.1. The van der Waals surface area contributed by atoms with Crippen molar-refractivity contribution in [1.82, 2.24) is 5.32 Å². The van der Waals surface area contributed by atoms with Gasteiger partial charge in [-0.1, -0.05) is 84.4 Å². The molecule has 1 amide bonds. The van der Waals surface area contributed by atoms with E-state index < -0.39 is 0 Å². The molecule has 262 valence electrons. The molecule has 2 atom stereocenters. The summed E-state index contributed by atoms with van der Waals surface area (Å²) in [7, 11) is 0. The quantitative estimate of drug-likeness (QED) is 0.118. The lowest BCUT2D eigenvalue weighted by molar-refractivity contribution is -0.115. The zero-order valence-corrected chi connectivity index (χ0v) is 32.4. The molecule has 1 saturated heterocycles. The van der Waals surface area contributed by atoms with Crippen LogP contribution in [-0.2, 0) is 11.4 Å². The zero-order valence-electron chi connectivity index (χ0n) is 28.7. The summed E-state index contributed by atoms with van der Waals surface area (Å²) in [6, 6.07) is 37.6. The van der Waals surface area contributed by atoms with Crippen LogP contribution in [0.1, 0.15) is 65.0 Å². The van der Waals surface area contributed by atoms with Gasteiger partial charge in [0.1, 0.15) is 6.61 Å². The summed E-state index contributed by atoms with van der Waals surface area (Å²) in [5.41, 5.74) is 9.35. The van der Waals surface area contributed by atoms with E-state index in [1.165, 1.54) is 39.7 Å². The number of ether oxygens (including phenoxy) is 2. The van der Waals surface area contributed by atoms with Crippen molar-refractivity contribution in [3.8, 4) is 11.5 Å². The SMILES string of the molecule is CCOc1cc(/C=C2\SC(=Nc3cc4c5c(c3)[C@H](c3ccccc3)CCN5CC[C@@H]4c3ccccc3)NC2=O)cc(I)c1OCc1ccc(Cl)cc1. The lowest BCUT2D eigenvalue weighted by Gasteiger charge is -2.43. The number of anilines is 1. The molecule has 52 heavy (non-hydrogen) atoms. The first-order valence-electron chi connectivity index (χ1n) is 17.6. The first-order chi connectivity index (χ1) is 25.4. The van der Waals surface area contributed by atoms with Crippen molar-refractivity contribution in [2.24, 2.45) is 4.99 Å². The van der Waals surface area contributed by atoms with Crippen molar-refractivity contribution in [3.63, 3.8) is 0 Å². The molecule has 8 rings (SSSR count). The molecular weight excluding hydrogens is 801 g/mol. The molecule has 6 nitrogen and oxygen atoms in total. The van der Waals surface area contributed by atoms with Crippen LogP contribution in [0, 0.1) is 3.57 Å². The predicted molar refractivity (Wildman–Crippen MR) is 221 cm³/mol. The Labute approximate surface area is 327 Å². The fraction of sp³-hybridized carbons (Fsp3) is 0.209. The number of hydrogen-bond acceptors (Lipinski definition) is 6. The van der Waals surface area contributed by atoms with Gasteiger partial charge in [0.25, 0.3) is 5.91 Å². The molecule has 9 heteroatoms. The van der Waals surface area contributed by atoms with Gasteiger partial charge in [-0.3, -0.25) is 4.79 Å². The smallest absolute Gasteiger partial charge is 0.264 e. The molecule has 1 N–H and O–H groups in total. The molecule has 3 heterocycles. The summed E-state index contributed by atoms with van der Waals surface area (Å²) in [5.74, 6) is 1.69. The average molecular weight is 838 g/mol. The van der Waals surface area contributed by atoms with Gasteiger partial charge >= 0.3 is 0 Å². The van der Waals surface area contributed by atoms with E-state index in [1.54, 1.807) is 0 Å². The maximum atomic E-state index is 13.4. The minimum atomic E-state index is -0.172. The Kier molecular flexibility index (Phi) is 10.3. The number of nitrogens with zero attached hydrogens (tertiary/aromatic N) is 2. The third kappa shape index (κ3) is 7.34. The van der Waals surface area contributed by atoms with E-state index >= 15 is 0 Å². The van der Waals surface area contributed by atoms with Gasteiger partial charge in [0.15, 0.2) is 16.7 Å². The van der Waals surface area contributed by atoms with Crippen LogP contribution >= 0.6 is 46.0 Å². The number of amides is 1. The average Bonchev–Trinajstić information content (AvgIpc) is 3.50. The molecule has 0 unspecified atom stereocenters. The van der Waals surface area contributed by atoms with Crippen LogP contribution in [0.25, 0.3) is 6.08 Å². The molecule has 0 radical (unpaired) electrons.